The molecule has 0 atom stereocenters. The summed E-state index contributed by atoms with van der Waals surface area (Å²) in [6.07, 6.45) is 0. The third-order valence-corrected chi connectivity index (χ3v) is 4.27. The van der Waals surface area contributed by atoms with E-state index in [4.69, 9.17) is 4.74 Å². The maximum Gasteiger partial charge on any atom is 0.120 e. The second-order valence-electron chi connectivity index (χ2n) is 5.03. The normalized spacial score (nSPS) is 12.6. The fourth-order valence-corrected chi connectivity index (χ4v) is 3.07. The van der Waals surface area contributed by atoms with Crippen molar-refractivity contribution < 1.29 is 4.74 Å². The van der Waals surface area contributed by atoms with Gasteiger partial charge in [0.05, 0.1) is 11.4 Å². The van der Waals surface area contributed by atoms with Crippen LogP contribution in [0.15, 0.2) is 52.3 Å². The zero-order valence-electron chi connectivity index (χ0n) is 11.7. The number of para-hydroxylation sites is 1. The van der Waals surface area contributed by atoms with E-state index in [1.807, 2.05) is 20.2 Å². The van der Waals surface area contributed by atoms with E-state index in [1.165, 1.54) is 15.5 Å². The van der Waals surface area contributed by atoms with Crippen LogP contribution in [-0.4, -0.2) is 32.1 Å². The molecule has 1 heterocycles. The van der Waals surface area contributed by atoms with Crippen LogP contribution in [-0.2, 0) is 0 Å². The minimum atomic E-state index is 0.709. The molecule has 0 unspecified atom stereocenters. The number of hydrogen-bond donors (Lipinski definition) is 1. The lowest BCUT2D eigenvalue weighted by molar-refractivity contribution is 0.261. The van der Waals surface area contributed by atoms with E-state index < -0.39 is 0 Å². The topological polar surface area (TPSA) is 24.5 Å². The number of nitrogens with zero attached hydrogens (tertiary/aromatic N) is 1. The third kappa shape index (κ3) is 2.92. The number of fused-ring (bicyclic) bond motifs is 2. The first kappa shape index (κ1) is 13.3. The number of benzene rings is 2. The molecule has 0 spiro atoms. The van der Waals surface area contributed by atoms with Crippen molar-refractivity contribution in [1.82, 2.24) is 4.90 Å². The van der Waals surface area contributed by atoms with Gasteiger partial charge in [0.15, 0.2) is 0 Å². The van der Waals surface area contributed by atoms with E-state index in [9.17, 15) is 0 Å². The molecule has 0 bridgehead atoms. The quantitative estimate of drug-likeness (QED) is 0.787. The molecule has 2 aromatic rings. The number of anilines is 2. The Morgan fingerprint density at radius 3 is 2.70 bits per heavy atom. The zero-order valence-corrected chi connectivity index (χ0v) is 12.5. The highest BCUT2D eigenvalue weighted by molar-refractivity contribution is 7.99. The number of ether oxygens (including phenoxy) is 1. The predicted octanol–water partition coefficient (Wildman–Crippen LogP) is 3.84. The van der Waals surface area contributed by atoms with Crippen LogP contribution in [0.25, 0.3) is 0 Å². The molecule has 0 saturated heterocycles. The fraction of sp³-hybridized carbons (Fsp3) is 0.250. The van der Waals surface area contributed by atoms with Crippen molar-refractivity contribution in [2.75, 3.05) is 32.6 Å². The molecule has 1 N–H and O–H groups in total. The van der Waals surface area contributed by atoms with Gasteiger partial charge in [-0.2, -0.15) is 0 Å². The molecule has 104 valence electrons. The Bertz CT molecular complexity index is 613. The summed E-state index contributed by atoms with van der Waals surface area (Å²) in [5.74, 6) is 0.930. The summed E-state index contributed by atoms with van der Waals surface area (Å²) in [5, 5.41) is 3.46. The van der Waals surface area contributed by atoms with Gasteiger partial charge in [0.2, 0.25) is 0 Å². The molecule has 20 heavy (non-hydrogen) atoms. The Balaban J connectivity index is 1.74. The lowest BCUT2D eigenvalue weighted by Gasteiger charge is -2.21. The van der Waals surface area contributed by atoms with E-state index in [0.717, 1.165) is 18.0 Å². The van der Waals surface area contributed by atoms with E-state index in [-0.39, 0.29) is 0 Å². The first-order valence-corrected chi connectivity index (χ1v) is 7.49. The number of nitrogens with one attached hydrogen (secondary N) is 1. The minimum absolute atomic E-state index is 0.709. The van der Waals surface area contributed by atoms with Crippen LogP contribution < -0.4 is 10.1 Å². The van der Waals surface area contributed by atoms with Crippen molar-refractivity contribution in [3.8, 4) is 5.75 Å². The molecule has 3 rings (SSSR count). The number of hydrogen-bond acceptors (Lipinski definition) is 4. The standard InChI is InChI=1S/C16H18N2OS/c1-18(2)9-10-19-12-7-8-14-16(11-12)20-15-6-4-3-5-13(15)17-14/h3-8,11,17H,9-10H2,1-2H3. The highest BCUT2D eigenvalue weighted by Crippen LogP contribution is 2.45. The van der Waals surface area contributed by atoms with E-state index in [1.54, 1.807) is 11.8 Å². The first-order valence-electron chi connectivity index (χ1n) is 6.68. The van der Waals surface area contributed by atoms with Gasteiger partial charge in [-0.15, -0.1) is 0 Å². The Hall–Kier alpha value is -1.65. The van der Waals surface area contributed by atoms with Crippen LogP contribution >= 0.6 is 11.8 Å². The van der Waals surface area contributed by atoms with Gasteiger partial charge in [0.25, 0.3) is 0 Å². The van der Waals surface area contributed by atoms with Crippen LogP contribution in [0.2, 0.25) is 0 Å². The molecule has 2 aromatic carbocycles. The number of likely N-dealkylation sites (N-methyl/N-ethyl adjacent to an activating group) is 1. The molecule has 1 aliphatic rings. The van der Waals surface area contributed by atoms with Crippen LogP contribution in [0, 0.1) is 0 Å². The van der Waals surface area contributed by atoms with Gasteiger partial charge in [0, 0.05) is 16.3 Å². The van der Waals surface area contributed by atoms with E-state index in [0.29, 0.717) is 6.61 Å². The van der Waals surface area contributed by atoms with Crippen molar-refractivity contribution in [2.45, 2.75) is 9.79 Å². The average molecular weight is 286 g/mol. The highest BCUT2D eigenvalue weighted by atomic mass is 32.2. The molecule has 0 saturated carbocycles. The van der Waals surface area contributed by atoms with Gasteiger partial charge in [-0.1, -0.05) is 23.9 Å². The Kier molecular flexibility index (Phi) is 3.85. The molecular formula is C16H18N2OS. The second kappa shape index (κ2) is 5.77. The fourth-order valence-electron chi connectivity index (χ4n) is 2.05. The third-order valence-electron chi connectivity index (χ3n) is 3.14. The molecule has 0 radical (unpaired) electrons. The molecule has 0 amide bonds. The Morgan fingerprint density at radius 1 is 1.05 bits per heavy atom. The van der Waals surface area contributed by atoms with Crippen molar-refractivity contribution in [3.05, 3.63) is 42.5 Å². The summed E-state index contributed by atoms with van der Waals surface area (Å²) >= 11 is 1.78. The van der Waals surface area contributed by atoms with Crippen LogP contribution in [0.3, 0.4) is 0 Å². The van der Waals surface area contributed by atoms with Crippen molar-refractivity contribution in [3.63, 3.8) is 0 Å². The maximum atomic E-state index is 5.79. The van der Waals surface area contributed by atoms with Gasteiger partial charge in [-0.3, -0.25) is 0 Å². The average Bonchev–Trinajstić information content (AvgIpc) is 2.44. The van der Waals surface area contributed by atoms with Gasteiger partial charge in [0.1, 0.15) is 12.4 Å². The van der Waals surface area contributed by atoms with Crippen LogP contribution in [0.5, 0.6) is 5.75 Å². The van der Waals surface area contributed by atoms with Gasteiger partial charge in [-0.05, 0) is 44.4 Å². The summed E-state index contributed by atoms with van der Waals surface area (Å²) in [4.78, 5) is 4.59. The van der Waals surface area contributed by atoms with E-state index in [2.05, 4.69) is 46.6 Å². The van der Waals surface area contributed by atoms with Crippen LogP contribution in [0.1, 0.15) is 0 Å². The monoisotopic (exact) mass is 286 g/mol. The predicted molar refractivity (Wildman–Crippen MR) is 84.3 cm³/mol. The molecule has 4 heteroatoms. The number of rotatable bonds is 4. The SMILES string of the molecule is CN(C)CCOc1ccc2c(c1)Sc1ccccc1N2. The summed E-state index contributed by atoms with van der Waals surface area (Å²) in [6, 6.07) is 14.6. The second-order valence-corrected chi connectivity index (χ2v) is 6.12. The lowest BCUT2D eigenvalue weighted by Crippen LogP contribution is -2.19. The first-order chi connectivity index (χ1) is 9.72. The molecular weight excluding hydrogens is 268 g/mol. The molecule has 0 aliphatic carbocycles. The van der Waals surface area contributed by atoms with Crippen LogP contribution in [0.4, 0.5) is 11.4 Å². The smallest absolute Gasteiger partial charge is 0.120 e. The van der Waals surface area contributed by atoms with E-state index >= 15 is 0 Å². The summed E-state index contributed by atoms with van der Waals surface area (Å²) < 4.78 is 5.79. The summed E-state index contributed by atoms with van der Waals surface area (Å²) in [5.41, 5.74) is 2.32. The molecule has 3 nitrogen and oxygen atoms in total. The highest BCUT2D eigenvalue weighted by Gasteiger charge is 2.15. The largest absolute Gasteiger partial charge is 0.492 e. The van der Waals surface area contributed by atoms with Gasteiger partial charge in [-0.25, -0.2) is 0 Å². The summed E-state index contributed by atoms with van der Waals surface area (Å²) in [7, 11) is 4.10. The Labute approximate surface area is 123 Å². The maximum absolute atomic E-state index is 5.79. The van der Waals surface area contributed by atoms with Crippen molar-refractivity contribution >= 4 is 23.1 Å². The molecule has 0 aromatic heterocycles. The lowest BCUT2D eigenvalue weighted by atomic mass is 10.2. The summed E-state index contributed by atoms with van der Waals surface area (Å²) in [6.45, 7) is 1.63. The van der Waals surface area contributed by atoms with Gasteiger partial charge < -0.3 is 15.0 Å². The molecule has 0 fully saturated rings. The zero-order chi connectivity index (χ0) is 13.9. The molecule has 1 aliphatic heterocycles. The van der Waals surface area contributed by atoms with Crippen molar-refractivity contribution in [1.29, 1.82) is 0 Å². The van der Waals surface area contributed by atoms with Gasteiger partial charge >= 0.3 is 0 Å². The van der Waals surface area contributed by atoms with Crippen molar-refractivity contribution in [2.24, 2.45) is 0 Å². The Morgan fingerprint density at radius 2 is 1.85 bits per heavy atom. The minimum Gasteiger partial charge on any atom is -0.492 e.